The lowest BCUT2D eigenvalue weighted by atomic mass is 9.66. The monoisotopic (exact) mass is 240 g/mol. The van der Waals surface area contributed by atoms with Crippen LogP contribution in [0.1, 0.15) is 92.9 Å². The summed E-state index contributed by atoms with van der Waals surface area (Å²) in [5.74, 6) is 1.78. The quantitative estimate of drug-likeness (QED) is 0.385. The van der Waals surface area contributed by atoms with E-state index in [2.05, 4.69) is 41.5 Å². The van der Waals surface area contributed by atoms with Crippen LogP contribution in [0.4, 0.5) is 0 Å². The number of hydrogen-bond acceptors (Lipinski definition) is 0. The van der Waals surface area contributed by atoms with E-state index in [1.807, 2.05) is 0 Å². The van der Waals surface area contributed by atoms with Gasteiger partial charge in [-0.1, -0.05) is 80.1 Å². The van der Waals surface area contributed by atoms with Crippen LogP contribution in [0, 0.1) is 17.3 Å². The Balaban J connectivity index is 4.54. The van der Waals surface area contributed by atoms with Gasteiger partial charge in [-0.25, -0.2) is 0 Å². The van der Waals surface area contributed by atoms with Crippen LogP contribution < -0.4 is 0 Å². The third-order valence-corrected chi connectivity index (χ3v) is 4.34. The minimum atomic E-state index is 0.591. The fraction of sp³-hybridized carbons (Fsp3) is 1.00. The topological polar surface area (TPSA) is 0 Å². The number of rotatable bonds is 10. The lowest BCUT2D eigenvalue weighted by Crippen LogP contribution is -2.29. The zero-order valence-corrected chi connectivity index (χ0v) is 13.3. The van der Waals surface area contributed by atoms with Crippen LogP contribution in [0.2, 0.25) is 0 Å². The second-order valence-corrected chi connectivity index (χ2v) is 6.60. The summed E-state index contributed by atoms with van der Waals surface area (Å²) in [6.07, 6.45) is 11.2. The predicted molar refractivity (Wildman–Crippen MR) is 80.4 cm³/mol. The van der Waals surface area contributed by atoms with Crippen molar-refractivity contribution < 1.29 is 0 Å². The normalized spacial score (nSPS) is 17.1. The Bertz CT molecular complexity index is 171. The maximum atomic E-state index is 2.56. The van der Waals surface area contributed by atoms with E-state index in [1.54, 1.807) is 0 Å². The van der Waals surface area contributed by atoms with Gasteiger partial charge in [-0.15, -0.1) is 0 Å². The van der Waals surface area contributed by atoms with E-state index >= 15 is 0 Å². The van der Waals surface area contributed by atoms with E-state index < -0.39 is 0 Å². The SMILES string of the molecule is CCCCCC(C)(CC(C)C)C(CC)CCC. The minimum absolute atomic E-state index is 0.591. The first-order valence-corrected chi connectivity index (χ1v) is 8.00. The van der Waals surface area contributed by atoms with E-state index in [0.717, 1.165) is 11.8 Å². The number of unbranched alkanes of at least 4 members (excludes halogenated alkanes) is 2. The molecule has 0 saturated heterocycles. The molecule has 0 heterocycles. The van der Waals surface area contributed by atoms with Gasteiger partial charge in [0.1, 0.15) is 0 Å². The van der Waals surface area contributed by atoms with Gasteiger partial charge in [-0.05, 0) is 30.1 Å². The molecule has 0 N–H and O–H groups in total. The molecule has 2 unspecified atom stereocenters. The molecule has 0 aromatic heterocycles. The summed E-state index contributed by atoms with van der Waals surface area (Å²) in [5.41, 5.74) is 0.591. The third-order valence-electron chi connectivity index (χ3n) is 4.34. The van der Waals surface area contributed by atoms with Crippen LogP contribution >= 0.6 is 0 Å². The second kappa shape index (κ2) is 9.00. The molecule has 0 aromatic rings. The molecular formula is C17H36. The maximum Gasteiger partial charge on any atom is -0.0295 e. The summed E-state index contributed by atoms with van der Waals surface area (Å²) in [6, 6.07) is 0. The molecule has 0 radical (unpaired) electrons. The van der Waals surface area contributed by atoms with Crippen molar-refractivity contribution in [3.63, 3.8) is 0 Å². The van der Waals surface area contributed by atoms with Crippen LogP contribution in [-0.2, 0) is 0 Å². The van der Waals surface area contributed by atoms with Gasteiger partial charge in [0.15, 0.2) is 0 Å². The molecule has 0 bridgehead atoms. The molecule has 2 atom stereocenters. The Morgan fingerprint density at radius 2 is 1.59 bits per heavy atom. The second-order valence-electron chi connectivity index (χ2n) is 6.60. The van der Waals surface area contributed by atoms with E-state index in [-0.39, 0.29) is 0 Å². The largest absolute Gasteiger partial charge is 0.0654 e. The highest BCUT2D eigenvalue weighted by atomic mass is 14.4. The highest BCUT2D eigenvalue weighted by Crippen LogP contribution is 2.43. The van der Waals surface area contributed by atoms with Crippen LogP contribution in [0.3, 0.4) is 0 Å². The van der Waals surface area contributed by atoms with Gasteiger partial charge in [0, 0.05) is 0 Å². The van der Waals surface area contributed by atoms with Gasteiger partial charge >= 0.3 is 0 Å². The van der Waals surface area contributed by atoms with Crippen LogP contribution in [0.25, 0.3) is 0 Å². The van der Waals surface area contributed by atoms with Crippen molar-refractivity contribution in [2.45, 2.75) is 92.9 Å². The van der Waals surface area contributed by atoms with E-state index in [0.29, 0.717) is 5.41 Å². The molecule has 0 aliphatic heterocycles. The fourth-order valence-corrected chi connectivity index (χ4v) is 3.58. The molecule has 0 nitrogen and oxygen atoms in total. The summed E-state index contributed by atoms with van der Waals surface area (Å²) >= 11 is 0. The van der Waals surface area contributed by atoms with Gasteiger partial charge in [-0.2, -0.15) is 0 Å². The Hall–Kier alpha value is 0. The van der Waals surface area contributed by atoms with Crippen molar-refractivity contribution in [1.29, 1.82) is 0 Å². The van der Waals surface area contributed by atoms with Gasteiger partial charge < -0.3 is 0 Å². The molecule has 0 heteroatoms. The maximum absolute atomic E-state index is 2.56. The zero-order chi connectivity index (χ0) is 13.3. The van der Waals surface area contributed by atoms with Crippen molar-refractivity contribution in [3.8, 4) is 0 Å². The van der Waals surface area contributed by atoms with E-state index in [1.165, 1.54) is 51.4 Å². The standard InChI is InChI=1S/C17H36/c1-7-10-11-13-17(6,14-15(4)5)16(9-3)12-8-2/h15-16H,7-14H2,1-6H3. The minimum Gasteiger partial charge on any atom is -0.0654 e. The molecule has 0 amide bonds. The average Bonchev–Trinajstić information content (AvgIpc) is 2.25. The van der Waals surface area contributed by atoms with Crippen LogP contribution in [0.5, 0.6) is 0 Å². The highest BCUT2D eigenvalue weighted by Gasteiger charge is 2.32. The van der Waals surface area contributed by atoms with E-state index in [9.17, 15) is 0 Å². The van der Waals surface area contributed by atoms with Gasteiger partial charge in [-0.3, -0.25) is 0 Å². The molecule has 0 fully saturated rings. The van der Waals surface area contributed by atoms with Crippen molar-refractivity contribution >= 4 is 0 Å². The van der Waals surface area contributed by atoms with E-state index in [4.69, 9.17) is 0 Å². The first-order valence-electron chi connectivity index (χ1n) is 8.00. The molecule has 0 spiro atoms. The molecule has 104 valence electrons. The lowest BCUT2D eigenvalue weighted by molar-refractivity contribution is 0.114. The van der Waals surface area contributed by atoms with Crippen molar-refractivity contribution in [3.05, 3.63) is 0 Å². The average molecular weight is 240 g/mol. The third kappa shape index (κ3) is 6.48. The lowest BCUT2D eigenvalue weighted by Gasteiger charge is -2.39. The highest BCUT2D eigenvalue weighted by molar-refractivity contribution is 4.83. The number of hydrogen-bond donors (Lipinski definition) is 0. The zero-order valence-electron chi connectivity index (χ0n) is 13.3. The summed E-state index contributed by atoms with van der Waals surface area (Å²) < 4.78 is 0. The Morgan fingerprint density at radius 1 is 0.941 bits per heavy atom. The summed E-state index contributed by atoms with van der Waals surface area (Å²) in [6.45, 7) is 14.4. The Labute approximate surface area is 111 Å². The first kappa shape index (κ1) is 17.0. The molecule has 0 aliphatic rings. The van der Waals surface area contributed by atoms with Crippen molar-refractivity contribution in [2.75, 3.05) is 0 Å². The smallest absolute Gasteiger partial charge is 0.0295 e. The van der Waals surface area contributed by atoms with Crippen LogP contribution in [-0.4, -0.2) is 0 Å². The van der Waals surface area contributed by atoms with Crippen LogP contribution in [0.15, 0.2) is 0 Å². The Morgan fingerprint density at radius 3 is 2.00 bits per heavy atom. The Kier molecular flexibility index (Phi) is 9.00. The fourth-order valence-electron chi connectivity index (χ4n) is 3.58. The molecule has 0 aliphatic carbocycles. The van der Waals surface area contributed by atoms with Gasteiger partial charge in [0.2, 0.25) is 0 Å². The van der Waals surface area contributed by atoms with Crippen molar-refractivity contribution in [1.82, 2.24) is 0 Å². The summed E-state index contributed by atoms with van der Waals surface area (Å²) in [4.78, 5) is 0. The molecule has 17 heavy (non-hydrogen) atoms. The van der Waals surface area contributed by atoms with Crippen molar-refractivity contribution in [2.24, 2.45) is 17.3 Å². The predicted octanol–water partition coefficient (Wildman–Crippen LogP) is 6.45. The summed E-state index contributed by atoms with van der Waals surface area (Å²) in [7, 11) is 0. The first-order chi connectivity index (χ1) is 8.00. The summed E-state index contributed by atoms with van der Waals surface area (Å²) in [5, 5.41) is 0. The molecular weight excluding hydrogens is 204 g/mol. The molecule has 0 aromatic carbocycles. The molecule has 0 rings (SSSR count). The van der Waals surface area contributed by atoms with Gasteiger partial charge in [0.05, 0.1) is 0 Å². The van der Waals surface area contributed by atoms with Gasteiger partial charge in [0.25, 0.3) is 0 Å². The molecule has 0 saturated carbocycles.